The average molecular weight is 563 g/mol. The first-order valence-corrected chi connectivity index (χ1v) is 13.6. The van der Waals surface area contributed by atoms with Crippen molar-refractivity contribution in [3.05, 3.63) is 53.6 Å². The van der Waals surface area contributed by atoms with Crippen LogP contribution in [0, 0.1) is 5.82 Å². The molecule has 210 valence electrons. The quantitative estimate of drug-likeness (QED) is 0.514. The van der Waals surface area contributed by atoms with Crippen LogP contribution in [0.25, 0.3) is 0 Å². The molecule has 3 N–H and O–H groups in total. The van der Waals surface area contributed by atoms with Crippen LogP contribution in [-0.4, -0.2) is 73.3 Å². The van der Waals surface area contributed by atoms with Gasteiger partial charge in [0.05, 0.1) is 13.3 Å². The van der Waals surface area contributed by atoms with Crippen LogP contribution < -0.4 is 20.7 Å². The molecule has 2 aromatic rings. The summed E-state index contributed by atoms with van der Waals surface area (Å²) in [6, 6.07) is 5.63. The minimum absolute atomic E-state index is 0.0132. The Bertz CT molecular complexity index is 1400. The van der Waals surface area contributed by atoms with Crippen molar-refractivity contribution in [3.63, 3.8) is 0 Å². The lowest BCUT2D eigenvalue weighted by atomic mass is 9.90. The fourth-order valence-electron chi connectivity index (χ4n) is 4.51. The zero-order valence-corrected chi connectivity index (χ0v) is 23.1. The van der Waals surface area contributed by atoms with E-state index in [1.807, 2.05) is 0 Å². The van der Waals surface area contributed by atoms with Crippen molar-refractivity contribution in [2.75, 3.05) is 32.6 Å². The van der Waals surface area contributed by atoms with Crippen LogP contribution in [-0.2, 0) is 14.8 Å². The second-order valence-electron chi connectivity index (χ2n) is 10.2. The molecule has 0 bridgehead atoms. The van der Waals surface area contributed by atoms with Crippen molar-refractivity contribution in [1.29, 1.82) is 0 Å². The number of aromatic nitrogens is 1. The summed E-state index contributed by atoms with van der Waals surface area (Å²) < 4.78 is 52.6. The number of nitrogens with zero attached hydrogens (tertiary/aromatic N) is 3. The Kier molecular flexibility index (Phi) is 7.54. The lowest BCUT2D eigenvalue weighted by Crippen LogP contribution is -2.60. The minimum atomic E-state index is -4.15. The van der Waals surface area contributed by atoms with Gasteiger partial charge in [-0.2, -0.15) is 0 Å². The van der Waals surface area contributed by atoms with Gasteiger partial charge < -0.3 is 20.1 Å². The summed E-state index contributed by atoms with van der Waals surface area (Å²) in [5, 5.41) is 8.09. The van der Waals surface area contributed by atoms with E-state index in [1.54, 1.807) is 26.8 Å². The molecule has 0 aliphatic carbocycles. The topological polar surface area (TPSA) is 151 Å². The molecule has 2 aliphatic rings. The predicted molar refractivity (Wildman–Crippen MR) is 142 cm³/mol. The summed E-state index contributed by atoms with van der Waals surface area (Å²) in [4.78, 5) is 33.8. The SMILES string of the molecule is COc1ccc(C(=O)Nc2ccc(F)c(C3N=C(NC(=O)OC(C)(C)C)N(C)S(=O)(=O)[C@]34CCNC4)c2)nc1. The van der Waals surface area contributed by atoms with Gasteiger partial charge in [-0.1, -0.05) is 0 Å². The number of alkyl carbamates (subject to hydrolysis) is 1. The van der Waals surface area contributed by atoms with Gasteiger partial charge in [-0.25, -0.2) is 31.9 Å². The Labute approximate surface area is 226 Å². The second kappa shape index (κ2) is 10.4. The summed E-state index contributed by atoms with van der Waals surface area (Å²) in [6.07, 6.45) is 0.634. The molecule has 12 nitrogen and oxygen atoms in total. The highest BCUT2D eigenvalue weighted by Gasteiger charge is 2.58. The van der Waals surface area contributed by atoms with E-state index in [-0.39, 0.29) is 35.9 Å². The van der Waals surface area contributed by atoms with Crippen molar-refractivity contribution >= 4 is 33.7 Å². The summed E-state index contributed by atoms with van der Waals surface area (Å²) in [6.45, 7) is 5.37. The maximum absolute atomic E-state index is 15.3. The van der Waals surface area contributed by atoms with Gasteiger partial charge in [-0.05, 0) is 64.1 Å². The molecule has 0 saturated carbocycles. The molecular weight excluding hydrogens is 531 g/mol. The Morgan fingerprint density at radius 1 is 1.21 bits per heavy atom. The van der Waals surface area contributed by atoms with Crippen LogP contribution in [0.3, 0.4) is 0 Å². The van der Waals surface area contributed by atoms with Gasteiger partial charge in [-0.15, -0.1) is 0 Å². The number of benzene rings is 1. The van der Waals surface area contributed by atoms with E-state index in [2.05, 4.69) is 25.9 Å². The van der Waals surface area contributed by atoms with Gasteiger partial charge in [0, 0.05) is 24.8 Å². The van der Waals surface area contributed by atoms with E-state index in [0.29, 0.717) is 12.3 Å². The average Bonchev–Trinajstić information content (AvgIpc) is 3.37. The highest BCUT2D eigenvalue weighted by Crippen LogP contribution is 2.46. The minimum Gasteiger partial charge on any atom is -0.495 e. The number of hydrogen-bond donors (Lipinski definition) is 3. The highest BCUT2D eigenvalue weighted by atomic mass is 32.2. The molecule has 14 heteroatoms. The number of nitrogens with one attached hydrogen (secondary N) is 3. The molecule has 1 unspecified atom stereocenters. The largest absolute Gasteiger partial charge is 0.495 e. The smallest absolute Gasteiger partial charge is 0.414 e. The maximum Gasteiger partial charge on any atom is 0.414 e. The third kappa shape index (κ3) is 5.52. The number of rotatable bonds is 4. The van der Waals surface area contributed by atoms with E-state index in [0.717, 1.165) is 10.4 Å². The van der Waals surface area contributed by atoms with Gasteiger partial charge in [0.15, 0.2) is 0 Å². The third-order valence-electron chi connectivity index (χ3n) is 6.44. The van der Waals surface area contributed by atoms with E-state index in [4.69, 9.17) is 9.47 Å². The van der Waals surface area contributed by atoms with Crippen molar-refractivity contribution in [2.24, 2.45) is 4.99 Å². The Balaban J connectivity index is 1.73. The number of pyridine rings is 1. The standard InChI is InChI=1S/C25H31FN6O6S/c1-24(2,3)38-23(34)31-22-30-20(25(10-11-27-14-25)39(35,36)32(22)4)17-12-15(6-8-18(17)26)29-21(33)19-9-7-16(37-5)13-28-19/h6-9,12-13,20,27H,10-11,14H2,1-5H3,(H,29,33)(H,30,31,34)/t20?,25-/m0/s1. The summed E-state index contributed by atoms with van der Waals surface area (Å²) >= 11 is 0. The molecule has 1 aromatic heterocycles. The number of sulfonamides is 1. The maximum atomic E-state index is 15.3. The summed E-state index contributed by atoms with van der Waals surface area (Å²) in [7, 11) is -1.40. The Morgan fingerprint density at radius 3 is 2.54 bits per heavy atom. The molecule has 39 heavy (non-hydrogen) atoms. The third-order valence-corrected chi connectivity index (χ3v) is 8.93. The lowest BCUT2D eigenvalue weighted by Gasteiger charge is -2.42. The Hall–Kier alpha value is -3.78. The van der Waals surface area contributed by atoms with Crippen LogP contribution in [0.5, 0.6) is 5.75 Å². The molecule has 1 fully saturated rings. The normalized spacial score (nSPS) is 22.3. The first-order chi connectivity index (χ1) is 18.3. The van der Waals surface area contributed by atoms with Crippen LogP contribution in [0.2, 0.25) is 0 Å². The number of guanidine groups is 1. The van der Waals surface area contributed by atoms with E-state index < -0.39 is 44.2 Å². The predicted octanol–water partition coefficient (Wildman–Crippen LogP) is 2.41. The highest BCUT2D eigenvalue weighted by molar-refractivity contribution is 7.91. The number of methoxy groups -OCH3 is 1. The molecule has 1 spiro atoms. The number of ether oxygens (including phenoxy) is 2. The number of amides is 2. The van der Waals surface area contributed by atoms with Gasteiger partial charge in [0.25, 0.3) is 5.91 Å². The van der Waals surface area contributed by atoms with Crippen molar-refractivity contribution in [1.82, 2.24) is 19.9 Å². The number of hydrogen-bond acceptors (Lipinski definition) is 9. The monoisotopic (exact) mass is 562 g/mol. The molecular formula is C25H31FN6O6S. The zero-order valence-electron chi connectivity index (χ0n) is 22.2. The number of carbonyl (C=O) groups is 2. The molecule has 2 amide bonds. The first kappa shape index (κ1) is 28.2. The molecule has 3 heterocycles. The van der Waals surface area contributed by atoms with Gasteiger partial charge >= 0.3 is 6.09 Å². The summed E-state index contributed by atoms with van der Waals surface area (Å²) in [5.74, 6) is -1.10. The number of carbonyl (C=O) groups excluding carboxylic acids is 2. The lowest BCUT2D eigenvalue weighted by molar-refractivity contribution is 0.0558. The number of aliphatic imine (C=N–C) groups is 1. The summed E-state index contributed by atoms with van der Waals surface area (Å²) in [5.41, 5.74) is -0.589. The van der Waals surface area contributed by atoms with Crippen LogP contribution in [0.15, 0.2) is 41.5 Å². The zero-order chi connectivity index (χ0) is 28.6. The van der Waals surface area contributed by atoms with Crippen molar-refractivity contribution in [3.8, 4) is 5.75 Å². The molecule has 1 aromatic carbocycles. The molecule has 2 atom stereocenters. The van der Waals surface area contributed by atoms with E-state index in [1.165, 1.54) is 38.6 Å². The molecule has 0 radical (unpaired) electrons. The van der Waals surface area contributed by atoms with Gasteiger partial charge in [-0.3, -0.25) is 10.1 Å². The Morgan fingerprint density at radius 2 is 1.95 bits per heavy atom. The van der Waals surface area contributed by atoms with Crippen molar-refractivity contribution < 1.29 is 31.9 Å². The first-order valence-electron chi connectivity index (χ1n) is 12.2. The van der Waals surface area contributed by atoms with Crippen LogP contribution >= 0.6 is 0 Å². The second-order valence-corrected chi connectivity index (χ2v) is 12.5. The van der Waals surface area contributed by atoms with Crippen molar-refractivity contribution in [2.45, 2.75) is 43.6 Å². The van der Waals surface area contributed by atoms with E-state index in [9.17, 15) is 18.0 Å². The van der Waals surface area contributed by atoms with E-state index >= 15 is 4.39 Å². The number of halogens is 1. The van der Waals surface area contributed by atoms with Crippen LogP contribution in [0.4, 0.5) is 14.9 Å². The van der Waals surface area contributed by atoms with Gasteiger partial charge in [0.1, 0.15) is 33.7 Å². The molecule has 1 saturated heterocycles. The number of anilines is 1. The molecule has 4 rings (SSSR count). The van der Waals surface area contributed by atoms with Crippen LogP contribution in [0.1, 0.15) is 49.3 Å². The van der Waals surface area contributed by atoms with Gasteiger partial charge in [0.2, 0.25) is 16.0 Å². The fourth-order valence-corrected chi connectivity index (χ4v) is 6.48. The molecule has 2 aliphatic heterocycles. The fraction of sp³-hybridized carbons (Fsp3) is 0.440.